The average molecular weight is 1360 g/mol. The van der Waals surface area contributed by atoms with E-state index in [1.165, 1.54) is 95.8 Å². The smallest absolute Gasteiger partial charge is 0.164 e. The Morgan fingerprint density at radius 2 is 0.538 bits per heavy atom. The fourth-order valence-electron chi connectivity index (χ4n) is 14.6. The van der Waals surface area contributed by atoms with Gasteiger partial charge in [-0.25, -0.2) is 19.9 Å². The molecule has 14 aromatic carbocycles. The Balaban J connectivity index is 0.000000143. The summed E-state index contributed by atoms with van der Waals surface area (Å²) < 4.78 is 7.41. The summed E-state index contributed by atoms with van der Waals surface area (Å²) in [6.07, 6.45) is 0. The Morgan fingerprint density at radius 3 is 1.01 bits per heavy atom. The zero-order valence-electron chi connectivity index (χ0n) is 56.3. The predicted molar refractivity (Wildman–Crippen MR) is 438 cm³/mol. The van der Waals surface area contributed by atoms with Crippen LogP contribution in [0.15, 0.2) is 376 Å². The van der Waals surface area contributed by atoms with Crippen molar-refractivity contribution in [3.05, 3.63) is 376 Å². The number of benzene rings is 14. The predicted octanol–water partition coefficient (Wildman–Crippen LogP) is 26.2. The standard InChI is InChI=1S/C49H32N2S.C47H30N4S/c1-4-12-33(13-5-1)34-20-22-35(23-21-34)40-30-43(36-14-6-2-7-15-36)50-44(31-40)37-24-27-41(28-25-37)51-45-19-11-10-18-42(45)48-46(51)29-26-39-32-47(52-49(39)48)38-16-8-3-9-17-38;1-4-13-31(14-5-1)32-23-25-35(26-24-32)46-48-45(34-17-8-3-9-18-34)49-47(50-46)37-19-12-20-38(29-37)51-40-22-11-10-21-39(40)43-41(51)28-27-36-30-42(52-44(36)43)33-15-6-2-7-16-33/h1-32H;1-30H. The van der Waals surface area contributed by atoms with Crippen LogP contribution in [0.4, 0.5) is 0 Å². The average Bonchev–Trinajstić information content (AvgIpc) is 1.57. The van der Waals surface area contributed by atoms with E-state index in [9.17, 15) is 0 Å². The van der Waals surface area contributed by atoms with Gasteiger partial charge >= 0.3 is 0 Å². The van der Waals surface area contributed by atoms with E-state index in [0.29, 0.717) is 17.5 Å². The van der Waals surface area contributed by atoms with Gasteiger partial charge in [0.2, 0.25) is 0 Å². The number of pyridine rings is 1. The van der Waals surface area contributed by atoms with Crippen LogP contribution < -0.4 is 0 Å². The SMILES string of the molecule is c1ccc(-c2ccc(-c3cc(-c4ccccc4)nc(-c4ccc(-n5c6ccccc6c6c7sc(-c8ccccc8)cc7ccc65)cc4)c3)cc2)cc1.c1ccc(-c2ccc(-c3nc(-c4ccccc4)nc(-c4cccc(-n5c6ccccc6c6c7sc(-c8ccccc8)cc7ccc65)c4)n3)cc2)cc1. The number of hydrogen-bond acceptors (Lipinski definition) is 6. The Bertz CT molecular complexity index is 6530. The molecule has 0 unspecified atom stereocenters. The molecule has 0 radical (unpaired) electrons. The van der Waals surface area contributed by atoms with Gasteiger partial charge in [0, 0.05) is 79.9 Å². The van der Waals surface area contributed by atoms with Crippen LogP contribution in [-0.2, 0) is 0 Å². The topological polar surface area (TPSA) is 61.4 Å². The lowest BCUT2D eigenvalue weighted by Crippen LogP contribution is -2.01. The Labute approximate surface area is 609 Å². The molecule has 0 aliphatic carbocycles. The van der Waals surface area contributed by atoms with Crippen LogP contribution in [0.1, 0.15) is 0 Å². The van der Waals surface area contributed by atoms with Gasteiger partial charge in [-0.2, -0.15) is 0 Å². The molecule has 104 heavy (non-hydrogen) atoms. The molecular formula is C96H62N6S2. The van der Waals surface area contributed by atoms with Crippen LogP contribution in [0.2, 0.25) is 0 Å². The molecule has 6 nitrogen and oxygen atoms in total. The van der Waals surface area contributed by atoms with Crippen molar-refractivity contribution < 1.29 is 0 Å². The minimum atomic E-state index is 0.631. The third kappa shape index (κ3) is 11.6. The summed E-state index contributed by atoms with van der Waals surface area (Å²) >= 11 is 3.74. The largest absolute Gasteiger partial charge is 0.309 e. The molecule has 0 amide bonds. The second-order valence-electron chi connectivity index (χ2n) is 26.1. The van der Waals surface area contributed by atoms with E-state index in [0.717, 1.165) is 72.8 Å². The lowest BCUT2D eigenvalue weighted by molar-refractivity contribution is 1.07. The summed E-state index contributed by atoms with van der Waals surface area (Å²) in [6, 6.07) is 133. The Morgan fingerprint density at radius 1 is 0.202 bits per heavy atom. The molecule has 0 aliphatic heterocycles. The molecule has 0 bridgehead atoms. The van der Waals surface area contributed by atoms with Crippen molar-refractivity contribution in [1.82, 2.24) is 29.1 Å². The lowest BCUT2D eigenvalue weighted by Gasteiger charge is -2.12. The zero-order valence-corrected chi connectivity index (χ0v) is 57.9. The van der Waals surface area contributed by atoms with Crippen molar-refractivity contribution in [2.75, 3.05) is 0 Å². The van der Waals surface area contributed by atoms with E-state index in [1.807, 2.05) is 59.1 Å². The summed E-state index contributed by atoms with van der Waals surface area (Å²) in [6.45, 7) is 0. The van der Waals surface area contributed by atoms with Crippen molar-refractivity contribution >= 4 is 86.5 Å². The maximum atomic E-state index is 5.21. The lowest BCUT2D eigenvalue weighted by atomic mass is 9.97. The zero-order chi connectivity index (χ0) is 68.9. The fourth-order valence-corrected chi connectivity index (χ4v) is 17.0. The van der Waals surface area contributed by atoms with Gasteiger partial charge in [-0.15, -0.1) is 22.7 Å². The van der Waals surface area contributed by atoms with Gasteiger partial charge in [-0.3, -0.25) is 0 Å². The number of para-hydroxylation sites is 2. The molecule has 6 aromatic heterocycles. The van der Waals surface area contributed by atoms with E-state index < -0.39 is 0 Å². The van der Waals surface area contributed by atoms with E-state index in [4.69, 9.17) is 19.9 Å². The molecule has 0 fully saturated rings. The van der Waals surface area contributed by atoms with E-state index >= 15 is 0 Å². The molecule has 0 spiro atoms. The first-order valence-corrected chi connectivity index (χ1v) is 36.6. The van der Waals surface area contributed by atoms with Gasteiger partial charge in [-0.05, 0) is 128 Å². The van der Waals surface area contributed by atoms with Crippen LogP contribution in [0.5, 0.6) is 0 Å². The van der Waals surface area contributed by atoms with Crippen LogP contribution in [0.25, 0.3) is 186 Å². The summed E-state index contributed by atoms with van der Waals surface area (Å²) in [5.74, 6) is 1.91. The molecule has 20 rings (SSSR count). The van der Waals surface area contributed by atoms with Crippen LogP contribution in [-0.4, -0.2) is 29.1 Å². The van der Waals surface area contributed by atoms with Crippen molar-refractivity contribution in [1.29, 1.82) is 0 Å². The van der Waals surface area contributed by atoms with Crippen molar-refractivity contribution in [3.63, 3.8) is 0 Å². The third-order valence-corrected chi connectivity index (χ3v) is 22.1. The number of rotatable bonds is 12. The highest BCUT2D eigenvalue weighted by molar-refractivity contribution is 7.23. The molecule has 6 heterocycles. The van der Waals surface area contributed by atoms with Gasteiger partial charge in [0.05, 0.1) is 33.5 Å². The maximum absolute atomic E-state index is 5.21. The van der Waals surface area contributed by atoms with Crippen molar-refractivity contribution in [2.45, 2.75) is 0 Å². The van der Waals surface area contributed by atoms with Gasteiger partial charge in [0.1, 0.15) is 0 Å². The number of aromatic nitrogens is 6. The molecule has 20 aromatic rings. The Hall–Kier alpha value is -13.2. The van der Waals surface area contributed by atoms with Crippen LogP contribution in [0.3, 0.4) is 0 Å². The van der Waals surface area contributed by atoms with Crippen molar-refractivity contribution in [2.24, 2.45) is 0 Å². The van der Waals surface area contributed by atoms with Crippen molar-refractivity contribution in [3.8, 4) is 122 Å². The van der Waals surface area contributed by atoms with Crippen LogP contribution >= 0.6 is 22.7 Å². The highest BCUT2D eigenvalue weighted by atomic mass is 32.1. The number of hydrogen-bond donors (Lipinski definition) is 0. The normalized spacial score (nSPS) is 11.5. The third-order valence-electron chi connectivity index (χ3n) is 19.7. The highest BCUT2D eigenvalue weighted by Crippen LogP contribution is 2.46. The first-order chi connectivity index (χ1) is 51.5. The second-order valence-corrected chi connectivity index (χ2v) is 28.2. The number of nitrogens with zero attached hydrogens (tertiary/aromatic N) is 6. The minimum absolute atomic E-state index is 0.631. The minimum Gasteiger partial charge on any atom is -0.309 e. The number of fused-ring (bicyclic) bond motifs is 10. The first-order valence-electron chi connectivity index (χ1n) is 35.0. The molecule has 0 aliphatic rings. The van der Waals surface area contributed by atoms with E-state index in [2.05, 4.69) is 349 Å². The van der Waals surface area contributed by atoms with Gasteiger partial charge in [-0.1, -0.05) is 303 Å². The quantitative estimate of drug-likeness (QED) is 0.122. The first kappa shape index (κ1) is 61.8. The summed E-state index contributed by atoms with van der Waals surface area (Å²) in [5, 5.41) is 7.64. The summed E-state index contributed by atoms with van der Waals surface area (Å²) in [7, 11) is 0. The molecule has 0 saturated carbocycles. The van der Waals surface area contributed by atoms with Gasteiger partial charge in [0.15, 0.2) is 17.5 Å². The number of thiophene rings is 2. The molecule has 8 heteroatoms. The van der Waals surface area contributed by atoms with E-state index in [1.54, 1.807) is 0 Å². The van der Waals surface area contributed by atoms with Crippen LogP contribution in [0, 0.1) is 0 Å². The van der Waals surface area contributed by atoms with E-state index in [-0.39, 0.29) is 0 Å². The molecule has 0 saturated heterocycles. The molecule has 0 atom stereocenters. The monoisotopic (exact) mass is 1360 g/mol. The summed E-state index contributed by atoms with van der Waals surface area (Å²) in [4.78, 5) is 22.9. The molecular weight excluding hydrogens is 1300 g/mol. The summed E-state index contributed by atoms with van der Waals surface area (Å²) in [5.41, 5.74) is 23.4. The Kier molecular flexibility index (Phi) is 15.9. The highest BCUT2D eigenvalue weighted by Gasteiger charge is 2.22. The second kappa shape index (κ2) is 26.7. The fraction of sp³-hybridized carbons (Fsp3) is 0. The van der Waals surface area contributed by atoms with Gasteiger partial charge < -0.3 is 9.13 Å². The molecule has 488 valence electrons. The van der Waals surface area contributed by atoms with Gasteiger partial charge in [0.25, 0.3) is 0 Å². The molecule has 0 N–H and O–H groups in total. The maximum Gasteiger partial charge on any atom is 0.164 e.